The first-order valence-corrected chi connectivity index (χ1v) is 12.6. The van der Waals surface area contributed by atoms with E-state index in [0.717, 1.165) is 35.4 Å². The Labute approximate surface area is 210 Å². The van der Waals surface area contributed by atoms with E-state index in [1.165, 1.54) is 22.9 Å². The van der Waals surface area contributed by atoms with E-state index in [4.69, 9.17) is 4.74 Å². The summed E-state index contributed by atoms with van der Waals surface area (Å²) in [6, 6.07) is 17.9. The number of benzene rings is 2. The third kappa shape index (κ3) is 5.71. The molecule has 2 aromatic heterocycles. The van der Waals surface area contributed by atoms with Crippen molar-refractivity contribution >= 4 is 17.7 Å². The van der Waals surface area contributed by atoms with Crippen molar-refractivity contribution in [1.82, 2.24) is 25.1 Å². The molecule has 2 aromatic carbocycles. The third-order valence-corrected chi connectivity index (χ3v) is 6.63. The van der Waals surface area contributed by atoms with Crippen LogP contribution in [0, 0.1) is 0 Å². The predicted octanol–water partition coefficient (Wildman–Crippen LogP) is 4.87. The number of hydrogen-bond donors (Lipinski definition) is 1. The first kappa shape index (κ1) is 24.5. The lowest BCUT2D eigenvalue weighted by atomic mass is 10.0. The maximum atomic E-state index is 12.7. The molecule has 0 unspecified atom stereocenters. The molecule has 8 heteroatoms. The van der Waals surface area contributed by atoms with Gasteiger partial charge in [-0.25, -0.2) is 0 Å². The van der Waals surface area contributed by atoms with Gasteiger partial charge < -0.3 is 10.1 Å². The molecule has 0 aliphatic carbocycles. The van der Waals surface area contributed by atoms with Gasteiger partial charge in [-0.15, -0.1) is 10.2 Å². The summed E-state index contributed by atoms with van der Waals surface area (Å²) in [6.45, 7) is 4.72. The Morgan fingerprint density at radius 1 is 1.03 bits per heavy atom. The molecule has 4 aromatic rings. The van der Waals surface area contributed by atoms with Crippen LogP contribution in [0.15, 0.2) is 72.1 Å². The summed E-state index contributed by atoms with van der Waals surface area (Å²) in [4.78, 5) is 17.0. The molecule has 0 aliphatic heterocycles. The van der Waals surface area contributed by atoms with Crippen molar-refractivity contribution in [3.8, 4) is 22.8 Å². The van der Waals surface area contributed by atoms with Crippen molar-refractivity contribution in [2.45, 2.75) is 38.4 Å². The number of thioether (sulfide) groups is 1. The molecular weight excluding hydrogens is 458 g/mol. The molecular formula is C27H29N5O2S. The van der Waals surface area contributed by atoms with Gasteiger partial charge in [-0.1, -0.05) is 55.9 Å². The first-order chi connectivity index (χ1) is 17.1. The van der Waals surface area contributed by atoms with Gasteiger partial charge in [-0.05, 0) is 53.8 Å². The van der Waals surface area contributed by atoms with Gasteiger partial charge in [0.2, 0.25) is 5.91 Å². The molecule has 2 heterocycles. The van der Waals surface area contributed by atoms with Gasteiger partial charge in [0.25, 0.3) is 0 Å². The fourth-order valence-corrected chi connectivity index (χ4v) is 4.68. The maximum absolute atomic E-state index is 12.7. The highest BCUT2D eigenvalue weighted by Crippen LogP contribution is 2.32. The predicted molar refractivity (Wildman–Crippen MR) is 139 cm³/mol. The number of amides is 1. The number of methoxy groups -OCH3 is 1. The average molecular weight is 488 g/mol. The number of aromatic nitrogens is 4. The Balaban J connectivity index is 1.60. The second-order valence-corrected chi connectivity index (χ2v) is 8.87. The Morgan fingerprint density at radius 3 is 2.49 bits per heavy atom. The zero-order valence-corrected chi connectivity index (χ0v) is 21.0. The van der Waals surface area contributed by atoms with E-state index in [1.54, 1.807) is 19.5 Å². The summed E-state index contributed by atoms with van der Waals surface area (Å²) in [5.74, 6) is 1.64. The number of pyridine rings is 1. The van der Waals surface area contributed by atoms with Crippen molar-refractivity contribution in [2.24, 2.45) is 0 Å². The number of aryl methyl sites for hydroxylation is 2. The van der Waals surface area contributed by atoms with Crippen LogP contribution >= 0.6 is 11.8 Å². The van der Waals surface area contributed by atoms with Crippen molar-refractivity contribution in [2.75, 3.05) is 12.9 Å². The highest BCUT2D eigenvalue weighted by Gasteiger charge is 2.21. The standard InChI is InChI=1S/C27H29N5O2S/c1-4-20-10-7-11-21(5-2)25(20)32-26(22-12-8-14-28-17-22)30-31-27(32)35-18-24(33)29-16-19-9-6-13-23(15-19)34-3/h6-15,17H,4-5,16,18H2,1-3H3,(H,29,33). The van der Waals surface area contributed by atoms with Crippen LogP contribution in [0.1, 0.15) is 30.5 Å². The summed E-state index contributed by atoms with van der Waals surface area (Å²) in [5.41, 5.74) is 5.36. The van der Waals surface area contributed by atoms with Crippen LogP contribution < -0.4 is 10.1 Å². The van der Waals surface area contributed by atoms with E-state index in [0.29, 0.717) is 17.5 Å². The van der Waals surface area contributed by atoms with Gasteiger partial charge in [-0.2, -0.15) is 0 Å². The van der Waals surface area contributed by atoms with Gasteiger partial charge in [-0.3, -0.25) is 14.3 Å². The number of carbonyl (C=O) groups excluding carboxylic acids is 1. The first-order valence-electron chi connectivity index (χ1n) is 11.6. The topological polar surface area (TPSA) is 81.9 Å². The Kier molecular flexibility index (Phi) is 8.15. The van der Waals surface area contributed by atoms with E-state index in [-0.39, 0.29) is 11.7 Å². The molecule has 35 heavy (non-hydrogen) atoms. The summed E-state index contributed by atoms with van der Waals surface area (Å²) in [5, 5.41) is 12.7. The fraction of sp³-hybridized carbons (Fsp3) is 0.259. The summed E-state index contributed by atoms with van der Waals surface area (Å²) < 4.78 is 7.34. The smallest absolute Gasteiger partial charge is 0.230 e. The minimum Gasteiger partial charge on any atom is -0.497 e. The van der Waals surface area contributed by atoms with Crippen LogP contribution in [0.5, 0.6) is 5.75 Å². The summed E-state index contributed by atoms with van der Waals surface area (Å²) in [7, 11) is 1.63. The molecule has 7 nitrogen and oxygen atoms in total. The van der Waals surface area contributed by atoms with Crippen LogP contribution in [-0.4, -0.2) is 38.5 Å². The maximum Gasteiger partial charge on any atom is 0.230 e. The molecule has 0 atom stereocenters. The fourth-order valence-electron chi connectivity index (χ4n) is 3.91. The van der Waals surface area contributed by atoms with E-state index in [2.05, 4.69) is 57.1 Å². The largest absolute Gasteiger partial charge is 0.497 e. The highest BCUT2D eigenvalue weighted by atomic mass is 32.2. The van der Waals surface area contributed by atoms with E-state index < -0.39 is 0 Å². The lowest BCUT2D eigenvalue weighted by molar-refractivity contribution is -0.118. The molecule has 0 saturated heterocycles. The number of nitrogens with zero attached hydrogens (tertiary/aromatic N) is 4. The molecule has 1 amide bonds. The quantitative estimate of drug-likeness (QED) is 0.321. The second-order valence-electron chi connectivity index (χ2n) is 7.93. The van der Waals surface area contributed by atoms with Crippen molar-refractivity contribution in [3.05, 3.63) is 83.7 Å². The molecule has 0 fully saturated rings. The number of hydrogen-bond acceptors (Lipinski definition) is 6. The Bertz CT molecular complexity index is 1270. The van der Waals surface area contributed by atoms with Crippen LogP contribution in [0.4, 0.5) is 0 Å². The summed E-state index contributed by atoms with van der Waals surface area (Å²) >= 11 is 1.38. The Hall–Kier alpha value is -3.65. The number of nitrogens with one attached hydrogen (secondary N) is 1. The SMILES string of the molecule is CCc1cccc(CC)c1-n1c(SCC(=O)NCc2cccc(OC)c2)nnc1-c1cccnc1. The molecule has 180 valence electrons. The molecule has 0 saturated carbocycles. The number of carbonyl (C=O) groups is 1. The number of ether oxygens (including phenoxy) is 1. The van der Waals surface area contributed by atoms with Crippen molar-refractivity contribution in [3.63, 3.8) is 0 Å². The van der Waals surface area contributed by atoms with Crippen LogP contribution in [0.25, 0.3) is 17.1 Å². The van der Waals surface area contributed by atoms with Gasteiger partial charge >= 0.3 is 0 Å². The third-order valence-electron chi connectivity index (χ3n) is 5.70. The van der Waals surface area contributed by atoms with Crippen LogP contribution in [-0.2, 0) is 24.2 Å². The summed E-state index contributed by atoms with van der Waals surface area (Å²) in [6.07, 6.45) is 5.28. The van der Waals surface area contributed by atoms with Gasteiger partial charge in [0.05, 0.1) is 18.6 Å². The van der Waals surface area contributed by atoms with E-state index in [9.17, 15) is 4.79 Å². The minimum atomic E-state index is -0.0743. The zero-order valence-electron chi connectivity index (χ0n) is 20.2. The normalized spacial score (nSPS) is 10.8. The molecule has 0 aliphatic rings. The van der Waals surface area contributed by atoms with E-state index >= 15 is 0 Å². The monoisotopic (exact) mass is 487 g/mol. The van der Waals surface area contributed by atoms with E-state index in [1.807, 2.05) is 36.4 Å². The van der Waals surface area contributed by atoms with Crippen LogP contribution in [0.3, 0.4) is 0 Å². The molecule has 0 radical (unpaired) electrons. The zero-order chi connectivity index (χ0) is 24.6. The Morgan fingerprint density at radius 2 is 1.80 bits per heavy atom. The van der Waals surface area contributed by atoms with Crippen molar-refractivity contribution in [1.29, 1.82) is 0 Å². The minimum absolute atomic E-state index is 0.0743. The average Bonchev–Trinajstić information content (AvgIpc) is 3.34. The van der Waals surface area contributed by atoms with Gasteiger partial charge in [0.1, 0.15) is 5.75 Å². The lowest BCUT2D eigenvalue weighted by Gasteiger charge is -2.18. The van der Waals surface area contributed by atoms with Gasteiger partial charge in [0.15, 0.2) is 11.0 Å². The highest BCUT2D eigenvalue weighted by molar-refractivity contribution is 7.99. The van der Waals surface area contributed by atoms with Crippen molar-refractivity contribution < 1.29 is 9.53 Å². The number of para-hydroxylation sites is 1. The second kappa shape index (κ2) is 11.7. The van der Waals surface area contributed by atoms with Gasteiger partial charge in [0, 0.05) is 24.5 Å². The van der Waals surface area contributed by atoms with Crippen LogP contribution in [0.2, 0.25) is 0 Å². The molecule has 1 N–H and O–H groups in total. The molecule has 0 spiro atoms. The molecule has 0 bridgehead atoms. The molecule has 4 rings (SSSR count). The number of rotatable bonds is 10. The lowest BCUT2D eigenvalue weighted by Crippen LogP contribution is -2.24.